The van der Waals surface area contributed by atoms with E-state index in [0.29, 0.717) is 48.5 Å². The minimum Gasteiger partial charge on any atom is -0.496 e. The molecule has 12 heteroatoms. The maximum atomic E-state index is 14.2. The molecule has 5 fully saturated rings. The van der Waals surface area contributed by atoms with Crippen LogP contribution in [0.2, 0.25) is 0 Å². The van der Waals surface area contributed by atoms with Crippen molar-refractivity contribution in [3.05, 3.63) is 47.5 Å². The summed E-state index contributed by atoms with van der Waals surface area (Å²) < 4.78 is 11.0. The van der Waals surface area contributed by atoms with Crippen molar-refractivity contribution in [3.63, 3.8) is 0 Å². The monoisotopic (exact) mass is 720 g/mol. The van der Waals surface area contributed by atoms with Crippen LogP contribution in [0.15, 0.2) is 36.4 Å². The fourth-order valence-electron chi connectivity index (χ4n) is 9.53. The number of carbonyl (C=O) groups excluding carboxylic acids is 3. The van der Waals surface area contributed by atoms with Crippen LogP contribution in [-0.4, -0.2) is 110 Å². The van der Waals surface area contributed by atoms with E-state index in [-0.39, 0.29) is 36.4 Å². The minimum atomic E-state index is -0.915. The number of amides is 2. The first-order valence-corrected chi connectivity index (χ1v) is 18.6. The number of anilines is 1. The Kier molecular flexibility index (Phi) is 10.9. The van der Waals surface area contributed by atoms with Gasteiger partial charge < -0.3 is 34.8 Å². The molecule has 2 aromatic rings. The molecule has 9 atom stereocenters. The van der Waals surface area contributed by atoms with Crippen molar-refractivity contribution in [2.75, 3.05) is 46.4 Å². The molecule has 284 valence electrons. The molecule has 0 radical (unpaired) electrons. The van der Waals surface area contributed by atoms with Gasteiger partial charge in [-0.2, -0.15) is 5.06 Å². The fourth-order valence-corrected chi connectivity index (χ4v) is 9.53. The average molecular weight is 721 g/mol. The first-order valence-electron chi connectivity index (χ1n) is 18.6. The van der Waals surface area contributed by atoms with Gasteiger partial charge in [-0.15, -0.1) is 0 Å². The molecule has 0 spiro atoms. The van der Waals surface area contributed by atoms with Gasteiger partial charge in [0.15, 0.2) is 0 Å². The molecule has 2 heterocycles. The number of ether oxygens (including phenoxy) is 2. The molecule has 3 saturated carbocycles. The molecule has 2 saturated heterocycles. The summed E-state index contributed by atoms with van der Waals surface area (Å²) in [6, 6.07) is 9.86. The average Bonchev–Trinajstić information content (AvgIpc) is 3.76. The summed E-state index contributed by atoms with van der Waals surface area (Å²) in [5.74, 6) is 0.416. The van der Waals surface area contributed by atoms with Crippen LogP contribution >= 0.6 is 0 Å². The highest BCUT2D eigenvalue weighted by Gasteiger charge is 2.57. The number of benzene rings is 2. The summed E-state index contributed by atoms with van der Waals surface area (Å²) in [7, 11) is 6.72. The lowest BCUT2D eigenvalue weighted by Crippen LogP contribution is -2.62. The van der Waals surface area contributed by atoms with Crippen LogP contribution in [0.4, 0.5) is 5.69 Å². The number of hydroxylamine groups is 2. The van der Waals surface area contributed by atoms with E-state index in [1.165, 1.54) is 13.5 Å². The van der Waals surface area contributed by atoms with Gasteiger partial charge in [-0.1, -0.05) is 39.0 Å². The maximum Gasteiger partial charge on any atom is 0.328 e. The summed E-state index contributed by atoms with van der Waals surface area (Å²) in [4.78, 5) is 50.4. The third-order valence-electron chi connectivity index (χ3n) is 12.7. The summed E-state index contributed by atoms with van der Waals surface area (Å²) in [5.41, 5.74) is 3.70. The van der Waals surface area contributed by atoms with Crippen molar-refractivity contribution >= 4 is 23.5 Å². The largest absolute Gasteiger partial charge is 0.496 e. The number of nitrogens with zero attached hydrogens (tertiary/aromatic N) is 3. The van der Waals surface area contributed by atoms with Gasteiger partial charge in [0.05, 0.1) is 33.5 Å². The highest BCUT2D eigenvalue weighted by Crippen LogP contribution is 2.61. The fraction of sp³-hybridized carbons (Fsp3) is 0.625. The molecule has 2 bridgehead atoms. The van der Waals surface area contributed by atoms with Gasteiger partial charge in [0.2, 0.25) is 5.91 Å². The van der Waals surface area contributed by atoms with Crippen molar-refractivity contribution in [2.45, 2.75) is 90.3 Å². The summed E-state index contributed by atoms with van der Waals surface area (Å²) in [6.45, 7) is 8.76. The highest BCUT2D eigenvalue weighted by atomic mass is 16.7. The maximum absolute atomic E-state index is 14.2. The van der Waals surface area contributed by atoms with Crippen LogP contribution in [0.5, 0.6) is 5.75 Å². The second-order valence-corrected chi connectivity index (χ2v) is 16.1. The number of likely N-dealkylation sites (tertiary alicyclic amines) is 1. The number of para-hydroxylation sites is 1. The molecule has 12 nitrogen and oxygen atoms in total. The van der Waals surface area contributed by atoms with E-state index in [0.717, 1.165) is 28.8 Å². The molecule has 7 rings (SSSR count). The summed E-state index contributed by atoms with van der Waals surface area (Å²) >= 11 is 0. The molecule has 3 aliphatic carbocycles. The quantitative estimate of drug-likeness (QED) is 0.293. The van der Waals surface area contributed by atoms with E-state index in [9.17, 15) is 24.6 Å². The molecule has 0 aromatic heterocycles. The molecule has 5 aliphatic rings. The number of hydrogen-bond donors (Lipinski definition) is 3. The topological polar surface area (TPSA) is 141 Å². The van der Waals surface area contributed by atoms with Crippen LogP contribution in [0.3, 0.4) is 0 Å². The van der Waals surface area contributed by atoms with Gasteiger partial charge in [0, 0.05) is 55.0 Å². The number of methoxy groups -OCH3 is 2. The first kappa shape index (κ1) is 38.0. The molecular weight excluding hydrogens is 664 g/mol. The lowest BCUT2D eigenvalue weighted by Gasteiger charge is -2.62. The Hall–Kier alpha value is -3.71. The van der Waals surface area contributed by atoms with Crippen molar-refractivity contribution in [2.24, 2.45) is 29.1 Å². The standard InChI is InChI=1S/C40H56N4O8/c1-22-30-18-27(40(30,3)4)19-31(22)41-37(47)35-34(23(2)46)33(21-45)52-44(35)20-24-11-9-12-29(36(24)50-7)25-15-26(17-28(16-25)42(5)6)38(48)43-14-10-13-32(43)39(49)51-8/h9,11-12,15-17,22-23,27,30-35,45-46H,10,13-14,18-21H2,1-8H3,(H,41,47)/t22-,23-,27+,30+,31-,32-,33-,34+,35-/m0/s1. The van der Waals surface area contributed by atoms with Crippen LogP contribution in [0.25, 0.3) is 11.1 Å². The van der Waals surface area contributed by atoms with Gasteiger partial charge in [-0.05, 0) is 79.5 Å². The van der Waals surface area contributed by atoms with Crippen molar-refractivity contribution in [3.8, 4) is 16.9 Å². The van der Waals surface area contributed by atoms with E-state index in [1.807, 2.05) is 55.4 Å². The van der Waals surface area contributed by atoms with Crippen molar-refractivity contribution in [1.29, 1.82) is 0 Å². The highest BCUT2D eigenvalue weighted by molar-refractivity contribution is 5.99. The number of aliphatic hydroxyl groups excluding tert-OH is 2. The van der Waals surface area contributed by atoms with Gasteiger partial charge >= 0.3 is 5.97 Å². The molecule has 0 unspecified atom stereocenters. The summed E-state index contributed by atoms with van der Waals surface area (Å²) in [6.07, 6.45) is 1.69. The minimum absolute atomic E-state index is 0.0242. The zero-order valence-electron chi connectivity index (χ0n) is 31.8. The van der Waals surface area contributed by atoms with Crippen molar-refractivity contribution < 1.29 is 38.9 Å². The second kappa shape index (κ2) is 15.0. The number of hydrogen-bond acceptors (Lipinski definition) is 10. The Morgan fingerprint density at radius 2 is 1.88 bits per heavy atom. The lowest BCUT2D eigenvalue weighted by atomic mass is 9.45. The van der Waals surface area contributed by atoms with Crippen LogP contribution in [-0.2, 0) is 25.7 Å². The zero-order chi connectivity index (χ0) is 37.6. The smallest absolute Gasteiger partial charge is 0.328 e. The number of rotatable bonds is 11. The Labute approximate surface area is 307 Å². The second-order valence-electron chi connectivity index (χ2n) is 16.1. The lowest BCUT2D eigenvalue weighted by molar-refractivity contribution is -0.183. The van der Waals surface area contributed by atoms with E-state index in [2.05, 4.69) is 26.1 Å². The predicted molar refractivity (Wildman–Crippen MR) is 196 cm³/mol. The number of nitrogens with one attached hydrogen (secondary N) is 1. The molecule has 52 heavy (non-hydrogen) atoms. The van der Waals surface area contributed by atoms with Crippen LogP contribution in [0, 0.1) is 29.1 Å². The van der Waals surface area contributed by atoms with E-state index in [4.69, 9.17) is 14.3 Å². The Morgan fingerprint density at radius 1 is 1.13 bits per heavy atom. The molecule has 2 aliphatic heterocycles. The number of aliphatic hydroxyl groups is 2. The van der Waals surface area contributed by atoms with Gasteiger partial charge in [-0.25, -0.2) is 4.79 Å². The predicted octanol–water partition coefficient (Wildman–Crippen LogP) is 3.87. The van der Waals surface area contributed by atoms with Gasteiger partial charge in [0.25, 0.3) is 5.91 Å². The third-order valence-corrected chi connectivity index (χ3v) is 12.7. The zero-order valence-corrected chi connectivity index (χ0v) is 31.8. The number of esters is 1. The third kappa shape index (κ3) is 6.79. The SMILES string of the molecule is COC(=O)[C@@H]1CCCN1C(=O)c1cc(-c2cccc(CN3O[C@@H](CO)[C@@H]([C@H](C)O)[C@H]3C(=O)N[C@H]3C[C@H]4C[C@H]([C@@H]3C)C4(C)C)c2OC)cc(N(C)C)c1. The molecule has 3 N–H and O–H groups in total. The molecular formula is C40H56N4O8. The number of carbonyl (C=O) groups is 3. The normalized spacial score (nSPS) is 30.0. The van der Waals surface area contributed by atoms with E-state index < -0.39 is 36.2 Å². The van der Waals surface area contributed by atoms with Crippen LogP contribution in [0.1, 0.15) is 69.3 Å². The molecule has 2 amide bonds. The van der Waals surface area contributed by atoms with Gasteiger partial charge in [-0.3, -0.25) is 14.4 Å². The Balaban J connectivity index is 1.31. The Morgan fingerprint density at radius 3 is 2.50 bits per heavy atom. The molecule has 2 aromatic carbocycles. The summed E-state index contributed by atoms with van der Waals surface area (Å²) in [5, 5.41) is 26.2. The van der Waals surface area contributed by atoms with E-state index in [1.54, 1.807) is 24.0 Å². The Bertz CT molecular complexity index is 1660. The number of fused-ring (bicyclic) bond motifs is 2. The van der Waals surface area contributed by atoms with Gasteiger partial charge in [0.1, 0.15) is 23.9 Å². The van der Waals surface area contributed by atoms with E-state index >= 15 is 0 Å². The van der Waals surface area contributed by atoms with Crippen LogP contribution < -0.4 is 15.0 Å². The van der Waals surface area contributed by atoms with Crippen molar-refractivity contribution in [1.82, 2.24) is 15.3 Å². The first-order chi connectivity index (χ1) is 24.7.